The summed E-state index contributed by atoms with van der Waals surface area (Å²) in [7, 11) is 0. The first-order chi connectivity index (χ1) is 16.0. The van der Waals surface area contributed by atoms with Crippen molar-refractivity contribution in [2.45, 2.75) is 31.0 Å². The van der Waals surface area contributed by atoms with Crippen LogP contribution in [0, 0.1) is 11.8 Å². The van der Waals surface area contributed by atoms with Gasteiger partial charge in [0.05, 0.1) is 5.92 Å². The minimum Gasteiger partial charge on any atom is -0.481 e. The van der Waals surface area contributed by atoms with Gasteiger partial charge in [0.1, 0.15) is 6.61 Å². The van der Waals surface area contributed by atoms with Crippen LogP contribution in [0.1, 0.15) is 30.4 Å². The quantitative estimate of drug-likeness (QED) is 0.566. The standard InChI is InChI=1S/C24H23F3N2O5/c1-23(24(25,26)27,21(32)28-11-13-10-18(13)20(30)31)29-22(33)34-12-19-16-8-4-2-6-14(16)15-7-3-5-9-17(15)19/h2-9,13,18-19H,10-12H2,1H3,(H,28,32)(H,29,33)(H,30,31)/t13-,18-,23?/m1/s1. The second-order valence-electron chi connectivity index (χ2n) is 8.72. The van der Waals surface area contributed by atoms with Crippen LogP contribution < -0.4 is 10.6 Å². The third-order valence-corrected chi connectivity index (χ3v) is 6.48. The predicted octanol–water partition coefficient (Wildman–Crippen LogP) is 3.68. The molecule has 1 unspecified atom stereocenters. The molecular weight excluding hydrogens is 453 g/mol. The van der Waals surface area contributed by atoms with E-state index in [1.165, 1.54) is 0 Å². The van der Waals surface area contributed by atoms with Gasteiger partial charge in [-0.3, -0.25) is 14.9 Å². The summed E-state index contributed by atoms with van der Waals surface area (Å²) in [6, 6.07) is 15.0. The average molecular weight is 476 g/mol. The normalized spacial score (nSPS) is 20.5. The van der Waals surface area contributed by atoms with E-state index in [0.29, 0.717) is 6.92 Å². The Kier molecular flexibility index (Phi) is 6.01. The van der Waals surface area contributed by atoms with Gasteiger partial charge in [-0.05, 0) is 41.5 Å². The van der Waals surface area contributed by atoms with E-state index in [0.717, 1.165) is 22.3 Å². The number of benzene rings is 2. The molecule has 4 rings (SSSR count). The van der Waals surface area contributed by atoms with Crippen molar-refractivity contribution >= 4 is 18.0 Å². The number of hydrogen-bond donors (Lipinski definition) is 3. The Labute approximate surface area is 193 Å². The van der Waals surface area contributed by atoms with Gasteiger partial charge in [0.15, 0.2) is 0 Å². The van der Waals surface area contributed by atoms with Crippen molar-refractivity contribution in [3.05, 3.63) is 59.7 Å². The molecule has 2 aromatic rings. The highest BCUT2D eigenvalue weighted by Gasteiger charge is 2.58. The number of amides is 2. The van der Waals surface area contributed by atoms with E-state index in [2.05, 4.69) is 5.32 Å². The van der Waals surface area contributed by atoms with E-state index < -0.39 is 41.5 Å². The highest BCUT2D eigenvalue weighted by atomic mass is 19.4. The zero-order chi connectivity index (χ0) is 24.7. The van der Waals surface area contributed by atoms with Crippen molar-refractivity contribution in [3.63, 3.8) is 0 Å². The molecule has 1 saturated carbocycles. The summed E-state index contributed by atoms with van der Waals surface area (Å²) in [6.07, 6.45) is -6.22. The van der Waals surface area contributed by atoms with Crippen molar-refractivity contribution in [1.29, 1.82) is 0 Å². The minimum absolute atomic E-state index is 0.211. The number of carboxylic acids is 1. The van der Waals surface area contributed by atoms with Crippen LogP contribution in [0.3, 0.4) is 0 Å². The maximum absolute atomic E-state index is 13.8. The number of alkyl halides is 3. The van der Waals surface area contributed by atoms with Crippen LogP contribution in [-0.2, 0) is 14.3 Å². The highest BCUT2D eigenvalue weighted by molar-refractivity contribution is 5.90. The summed E-state index contributed by atoms with van der Waals surface area (Å²) in [5.74, 6) is -4.02. The summed E-state index contributed by atoms with van der Waals surface area (Å²) in [6.45, 7) is 0.108. The molecule has 2 amide bonds. The molecule has 2 aliphatic rings. The number of ether oxygens (including phenoxy) is 1. The molecule has 3 N–H and O–H groups in total. The Balaban J connectivity index is 1.42. The molecule has 180 valence electrons. The first-order valence-electron chi connectivity index (χ1n) is 10.7. The van der Waals surface area contributed by atoms with E-state index in [1.807, 2.05) is 48.5 Å². The average Bonchev–Trinajstić information content (AvgIpc) is 3.51. The summed E-state index contributed by atoms with van der Waals surface area (Å²) in [5.41, 5.74) is 0.469. The second kappa shape index (κ2) is 8.66. The van der Waals surface area contributed by atoms with Crippen LogP contribution in [0.25, 0.3) is 11.1 Å². The monoisotopic (exact) mass is 476 g/mol. The van der Waals surface area contributed by atoms with Gasteiger partial charge in [0, 0.05) is 12.5 Å². The number of rotatable bonds is 7. The van der Waals surface area contributed by atoms with E-state index in [4.69, 9.17) is 9.84 Å². The largest absolute Gasteiger partial charge is 0.481 e. The SMILES string of the molecule is CC(NC(=O)OCC1c2ccccc2-c2ccccc21)(C(=O)NC[C@H]1C[C@H]1C(=O)O)C(F)(F)F. The number of alkyl carbamates (subject to hydrolysis) is 1. The van der Waals surface area contributed by atoms with Crippen molar-refractivity contribution < 1.29 is 37.4 Å². The smallest absolute Gasteiger partial charge is 0.420 e. The number of aliphatic carboxylic acids is 1. The Hall–Kier alpha value is -3.56. The Morgan fingerprint density at radius 1 is 1.03 bits per heavy atom. The third-order valence-electron chi connectivity index (χ3n) is 6.48. The van der Waals surface area contributed by atoms with Gasteiger partial charge in [0.25, 0.3) is 5.91 Å². The summed E-state index contributed by atoms with van der Waals surface area (Å²) < 4.78 is 46.5. The number of hydrogen-bond acceptors (Lipinski definition) is 4. The van der Waals surface area contributed by atoms with Crippen molar-refractivity contribution in [2.24, 2.45) is 11.8 Å². The second-order valence-corrected chi connectivity index (χ2v) is 8.72. The molecule has 0 saturated heterocycles. The summed E-state index contributed by atoms with van der Waals surface area (Å²) in [4.78, 5) is 35.7. The van der Waals surface area contributed by atoms with E-state index in [1.54, 1.807) is 5.32 Å². The zero-order valence-electron chi connectivity index (χ0n) is 18.2. The molecule has 0 radical (unpaired) electrons. The van der Waals surface area contributed by atoms with Gasteiger partial charge < -0.3 is 15.2 Å². The number of nitrogens with one attached hydrogen (secondary N) is 2. The fraction of sp³-hybridized carbons (Fsp3) is 0.375. The molecule has 10 heteroatoms. The van der Waals surface area contributed by atoms with Gasteiger partial charge in [-0.25, -0.2) is 4.79 Å². The van der Waals surface area contributed by atoms with Crippen LogP contribution >= 0.6 is 0 Å². The highest BCUT2D eigenvalue weighted by Crippen LogP contribution is 2.44. The van der Waals surface area contributed by atoms with Crippen LogP contribution in [-0.4, -0.2) is 47.9 Å². The molecular formula is C24H23F3N2O5. The van der Waals surface area contributed by atoms with Crippen LogP contribution in [0.5, 0.6) is 0 Å². The molecule has 0 aromatic heterocycles. The molecule has 7 nitrogen and oxygen atoms in total. The van der Waals surface area contributed by atoms with Crippen molar-refractivity contribution in [2.75, 3.05) is 13.2 Å². The molecule has 0 bridgehead atoms. The van der Waals surface area contributed by atoms with Gasteiger partial charge in [-0.2, -0.15) is 13.2 Å². The molecule has 2 aromatic carbocycles. The zero-order valence-corrected chi connectivity index (χ0v) is 18.2. The number of carboxylic acid groups (broad SMARTS) is 1. The maximum Gasteiger partial charge on any atom is 0.420 e. The summed E-state index contributed by atoms with van der Waals surface area (Å²) in [5, 5.41) is 12.7. The number of carbonyl (C=O) groups excluding carboxylic acids is 2. The first kappa shape index (κ1) is 23.6. The van der Waals surface area contributed by atoms with Crippen LogP contribution in [0.15, 0.2) is 48.5 Å². The van der Waals surface area contributed by atoms with Crippen LogP contribution in [0.2, 0.25) is 0 Å². The van der Waals surface area contributed by atoms with Gasteiger partial charge in [-0.15, -0.1) is 0 Å². The molecule has 2 aliphatic carbocycles. The Bertz CT molecular complexity index is 1090. The van der Waals surface area contributed by atoms with Crippen molar-refractivity contribution in [3.8, 4) is 11.1 Å². The Morgan fingerprint density at radius 2 is 1.59 bits per heavy atom. The van der Waals surface area contributed by atoms with E-state index in [9.17, 15) is 27.6 Å². The number of carbonyl (C=O) groups is 3. The lowest BCUT2D eigenvalue weighted by atomic mass is 9.98. The fourth-order valence-corrected chi connectivity index (χ4v) is 4.27. The molecule has 0 heterocycles. The Morgan fingerprint density at radius 3 is 2.09 bits per heavy atom. The maximum atomic E-state index is 13.8. The van der Waals surface area contributed by atoms with E-state index >= 15 is 0 Å². The molecule has 0 aliphatic heterocycles. The molecule has 34 heavy (non-hydrogen) atoms. The number of halogens is 3. The molecule has 0 spiro atoms. The first-order valence-corrected chi connectivity index (χ1v) is 10.7. The van der Waals surface area contributed by atoms with Crippen LogP contribution in [0.4, 0.5) is 18.0 Å². The van der Waals surface area contributed by atoms with Gasteiger partial charge >= 0.3 is 18.2 Å². The summed E-state index contributed by atoms with van der Waals surface area (Å²) >= 11 is 0. The van der Waals surface area contributed by atoms with Crippen molar-refractivity contribution in [1.82, 2.24) is 10.6 Å². The minimum atomic E-state index is -5.11. The van der Waals surface area contributed by atoms with Gasteiger partial charge in [-0.1, -0.05) is 48.5 Å². The lowest BCUT2D eigenvalue weighted by molar-refractivity contribution is -0.194. The number of fused-ring (bicyclic) bond motifs is 3. The van der Waals surface area contributed by atoms with Gasteiger partial charge in [0.2, 0.25) is 5.54 Å². The van der Waals surface area contributed by atoms with E-state index in [-0.39, 0.29) is 25.5 Å². The molecule has 3 atom stereocenters. The molecule has 1 fully saturated rings. The lowest BCUT2D eigenvalue weighted by Crippen LogP contribution is -2.65. The fourth-order valence-electron chi connectivity index (χ4n) is 4.27. The lowest BCUT2D eigenvalue weighted by Gasteiger charge is -2.31. The third kappa shape index (κ3) is 4.32. The topological polar surface area (TPSA) is 105 Å². The predicted molar refractivity (Wildman–Crippen MR) is 115 cm³/mol.